The van der Waals surface area contributed by atoms with E-state index in [0.29, 0.717) is 23.0 Å². The normalized spacial score (nSPS) is 17.6. The molecule has 3 aromatic heterocycles. The number of fused-ring (bicyclic) bond motifs is 1. The number of hydrogen-bond donors (Lipinski definition) is 2. The molecule has 2 N–H and O–H groups in total. The summed E-state index contributed by atoms with van der Waals surface area (Å²) in [6.07, 6.45) is 6.48. The molecule has 1 aliphatic rings. The minimum absolute atomic E-state index is 0.0444. The van der Waals surface area contributed by atoms with Crippen molar-refractivity contribution in [2.24, 2.45) is 5.92 Å². The summed E-state index contributed by atoms with van der Waals surface area (Å²) in [6, 6.07) is 3.40. The molecule has 8 nitrogen and oxygen atoms in total. The molecule has 1 fully saturated rings. The van der Waals surface area contributed by atoms with E-state index in [1.165, 1.54) is 12.5 Å². The number of carbonyl (C=O) groups excluding carboxylic acids is 1. The third-order valence-corrected chi connectivity index (χ3v) is 4.52. The zero-order valence-electron chi connectivity index (χ0n) is 13.3. The molecule has 0 aliphatic carbocycles. The Kier molecular flexibility index (Phi) is 4.19. The van der Waals surface area contributed by atoms with Crippen LogP contribution in [0, 0.1) is 5.92 Å². The molecule has 0 bridgehead atoms. The molecule has 1 atom stereocenters. The summed E-state index contributed by atoms with van der Waals surface area (Å²) in [5, 5.41) is 11.1. The van der Waals surface area contributed by atoms with Crippen molar-refractivity contribution < 1.29 is 4.79 Å². The molecular weight excluding hydrogens is 342 g/mol. The third-order valence-electron chi connectivity index (χ3n) is 4.30. The molecule has 25 heavy (non-hydrogen) atoms. The lowest BCUT2D eigenvalue weighted by Gasteiger charge is -2.32. The average molecular weight is 358 g/mol. The predicted octanol–water partition coefficient (Wildman–Crippen LogP) is 2.26. The van der Waals surface area contributed by atoms with Crippen molar-refractivity contribution in [3.05, 3.63) is 35.9 Å². The Labute approximate surface area is 148 Å². The number of nitrogens with zero attached hydrogens (tertiary/aromatic N) is 5. The fraction of sp³-hybridized carbons (Fsp3) is 0.312. The highest BCUT2D eigenvalue weighted by atomic mass is 35.5. The number of nitrogens with one attached hydrogen (secondary N) is 2. The van der Waals surface area contributed by atoms with Gasteiger partial charge >= 0.3 is 0 Å². The minimum Gasteiger partial charge on any atom is -0.355 e. The van der Waals surface area contributed by atoms with Gasteiger partial charge in [-0.1, -0.05) is 11.6 Å². The summed E-state index contributed by atoms with van der Waals surface area (Å²) in [5.41, 5.74) is 0.696. The highest BCUT2D eigenvalue weighted by molar-refractivity contribution is 6.30. The van der Waals surface area contributed by atoms with Gasteiger partial charge in [-0.3, -0.25) is 9.89 Å². The van der Waals surface area contributed by atoms with E-state index in [4.69, 9.17) is 11.6 Å². The lowest BCUT2D eigenvalue weighted by molar-refractivity contribution is -0.120. The van der Waals surface area contributed by atoms with Crippen LogP contribution in [0.15, 0.2) is 30.9 Å². The molecular formula is C16H16ClN7O. The second-order valence-electron chi connectivity index (χ2n) is 5.97. The number of halogens is 1. The van der Waals surface area contributed by atoms with Crippen LogP contribution in [0.1, 0.15) is 12.8 Å². The van der Waals surface area contributed by atoms with Crippen molar-refractivity contribution in [2.75, 3.05) is 23.3 Å². The maximum Gasteiger partial charge on any atom is 0.230 e. The second kappa shape index (κ2) is 6.64. The van der Waals surface area contributed by atoms with Crippen LogP contribution < -0.4 is 10.2 Å². The van der Waals surface area contributed by atoms with Gasteiger partial charge in [-0.05, 0) is 25.0 Å². The Balaban J connectivity index is 1.50. The number of rotatable bonds is 3. The van der Waals surface area contributed by atoms with E-state index in [1.807, 2.05) is 0 Å². The summed E-state index contributed by atoms with van der Waals surface area (Å²) in [6.45, 7) is 1.44. The molecule has 3 aromatic rings. The van der Waals surface area contributed by atoms with Gasteiger partial charge in [0.15, 0.2) is 5.65 Å². The lowest BCUT2D eigenvalue weighted by atomic mass is 9.97. The highest BCUT2D eigenvalue weighted by Crippen LogP contribution is 2.27. The van der Waals surface area contributed by atoms with Gasteiger partial charge in [0.2, 0.25) is 5.91 Å². The van der Waals surface area contributed by atoms with Crippen LogP contribution in [-0.4, -0.2) is 44.1 Å². The van der Waals surface area contributed by atoms with Crippen molar-refractivity contribution in [1.29, 1.82) is 0 Å². The first-order chi connectivity index (χ1) is 12.2. The zero-order chi connectivity index (χ0) is 17.2. The number of aromatic nitrogens is 5. The highest BCUT2D eigenvalue weighted by Gasteiger charge is 2.28. The van der Waals surface area contributed by atoms with E-state index in [9.17, 15) is 4.79 Å². The largest absolute Gasteiger partial charge is 0.355 e. The summed E-state index contributed by atoms with van der Waals surface area (Å²) in [5.74, 6) is 1.13. The van der Waals surface area contributed by atoms with Crippen molar-refractivity contribution in [3.8, 4) is 0 Å². The molecule has 4 rings (SSSR count). The SMILES string of the molecule is O=C(Nc1ccc(Cl)cn1)C1CCCN(c2ncnc3[nH]ncc23)C1. The molecule has 0 saturated carbocycles. The fourth-order valence-corrected chi connectivity index (χ4v) is 3.18. The first-order valence-electron chi connectivity index (χ1n) is 8.02. The van der Waals surface area contributed by atoms with Crippen molar-refractivity contribution in [3.63, 3.8) is 0 Å². The number of pyridine rings is 1. The Morgan fingerprint density at radius 2 is 2.20 bits per heavy atom. The molecule has 9 heteroatoms. The Bertz CT molecular complexity index is 895. The summed E-state index contributed by atoms with van der Waals surface area (Å²) >= 11 is 5.82. The molecule has 1 aliphatic heterocycles. The maximum absolute atomic E-state index is 12.6. The molecule has 128 valence electrons. The fourth-order valence-electron chi connectivity index (χ4n) is 3.07. The number of anilines is 2. The average Bonchev–Trinajstić information content (AvgIpc) is 3.12. The third kappa shape index (κ3) is 3.25. The van der Waals surface area contributed by atoms with E-state index in [2.05, 4.69) is 35.4 Å². The molecule has 1 unspecified atom stereocenters. The maximum atomic E-state index is 12.6. The Morgan fingerprint density at radius 1 is 1.28 bits per heavy atom. The van der Waals surface area contributed by atoms with Gasteiger partial charge in [-0.25, -0.2) is 15.0 Å². The summed E-state index contributed by atoms with van der Waals surface area (Å²) < 4.78 is 0. The summed E-state index contributed by atoms with van der Waals surface area (Å²) in [7, 11) is 0. The van der Waals surface area contributed by atoms with E-state index in [0.717, 1.165) is 30.6 Å². The number of hydrogen-bond acceptors (Lipinski definition) is 6. The van der Waals surface area contributed by atoms with Crippen LogP contribution in [0.2, 0.25) is 5.02 Å². The van der Waals surface area contributed by atoms with Gasteiger partial charge in [0.1, 0.15) is 18.0 Å². The Hall–Kier alpha value is -2.74. The summed E-state index contributed by atoms with van der Waals surface area (Å²) in [4.78, 5) is 27.4. The number of piperidine rings is 1. The van der Waals surface area contributed by atoms with Gasteiger partial charge in [-0.2, -0.15) is 5.10 Å². The molecule has 1 saturated heterocycles. The molecule has 0 aromatic carbocycles. The van der Waals surface area contributed by atoms with Crippen LogP contribution in [0.5, 0.6) is 0 Å². The van der Waals surface area contributed by atoms with Crippen molar-refractivity contribution in [2.45, 2.75) is 12.8 Å². The monoisotopic (exact) mass is 357 g/mol. The van der Waals surface area contributed by atoms with E-state index in [1.54, 1.807) is 18.3 Å². The minimum atomic E-state index is -0.136. The van der Waals surface area contributed by atoms with Gasteiger partial charge in [0.05, 0.1) is 22.5 Å². The first-order valence-corrected chi connectivity index (χ1v) is 8.40. The van der Waals surface area contributed by atoms with Crippen LogP contribution in [0.3, 0.4) is 0 Å². The van der Waals surface area contributed by atoms with E-state index in [-0.39, 0.29) is 11.8 Å². The second-order valence-corrected chi connectivity index (χ2v) is 6.40. The first kappa shape index (κ1) is 15.8. The quantitative estimate of drug-likeness (QED) is 0.745. The number of aromatic amines is 1. The van der Waals surface area contributed by atoms with E-state index < -0.39 is 0 Å². The smallest absolute Gasteiger partial charge is 0.230 e. The van der Waals surface area contributed by atoms with Crippen LogP contribution in [0.4, 0.5) is 11.6 Å². The van der Waals surface area contributed by atoms with Gasteiger partial charge in [-0.15, -0.1) is 0 Å². The molecule has 0 spiro atoms. The van der Waals surface area contributed by atoms with Gasteiger partial charge < -0.3 is 10.2 Å². The zero-order valence-corrected chi connectivity index (χ0v) is 14.1. The molecule has 1 amide bonds. The van der Waals surface area contributed by atoms with Crippen LogP contribution in [0.25, 0.3) is 11.0 Å². The lowest BCUT2D eigenvalue weighted by Crippen LogP contribution is -2.41. The number of carbonyl (C=O) groups is 1. The molecule has 4 heterocycles. The van der Waals surface area contributed by atoms with Crippen molar-refractivity contribution >= 4 is 40.2 Å². The van der Waals surface area contributed by atoms with Crippen LogP contribution in [-0.2, 0) is 4.79 Å². The van der Waals surface area contributed by atoms with E-state index >= 15 is 0 Å². The van der Waals surface area contributed by atoms with Gasteiger partial charge in [0.25, 0.3) is 0 Å². The number of amides is 1. The Morgan fingerprint density at radius 3 is 3.04 bits per heavy atom. The predicted molar refractivity (Wildman–Crippen MR) is 94.5 cm³/mol. The molecule has 0 radical (unpaired) electrons. The number of H-pyrrole nitrogens is 1. The standard InChI is InChI=1S/C16H16ClN7O/c17-11-3-4-13(18-6-11)22-16(25)10-2-1-5-24(8-10)15-12-7-21-23-14(12)19-9-20-15/h3-4,6-7,9-10H,1-2,5,8H2,(H,18,22,25)(H,19,20,21,23). The topological polar surface area (TPSA) is 99.7 Å². The van der Waals surface area contributed by atoms with Gasteiger partial charge in [0, 0.05) is 19.3 Å². The van der Waals surface area contributed by atoms with Crippen LogP contribution >= 0.6 is 11.6 Å². The van der Waals surface area contributed by atoms with Crippen molar-refractivity contribution in [1.82, 2.24) is 25.1 Å².